The Kier molecular flexibility index (Phi) is 9.76. The van der Waals surface area contributed by atoms with Gasteiger partial charge >= 0.3 is 6.18 Å². The number of anilines is 1. The maximum absolute atomic E-state index is 12.7. The Morgan fingerprint density at radius 2 is 1.91 bits per heavy atom. The van der Waals surface area contributed by atoms with Crippen LogP contribution in [0.25, 0.3) is 0 Å². The lowest BCUT2D eigenvalue weighted by atomic mass is 10.2. The molecule has 0 saturated heterocycles. The highest BCUT2D eigenvalue weighted by Crippen LogP contribution is 2.36. The molecule has 0 aromatic heterocycles. The van der Waals surface area contributed by atoms with Gasteiger partial charge in [0.1, 0.15) is 6.61 Å². The van der Waals surface area contributed by atoms with Crippen molar-refractivity contribution in [3.8, 4) is 23.8 Å². The van der Waals surface area contributed by atoms with Crippen molar-refractivity contribution in [3.05, 3.63) is 52.5 Å². The number of nitrogens with one attached hydrogen (secondary N) is 2. The molecule has 0 bridgehead atoms. The Morgan fingerprint density at radius 3 is 2.59 bits per heavy atom. The molecular formula is C23H21ClF3N3O4. The monoisotopic (exact) mass is 495 g/mol. The third-order valence-electron chi connectivity index (χ3n) is 4.09. The molecular weight excluding hydrogens is 475 g/mol. The first-order valence-corrected chi connectivity index (χ1v) is 10.3. The summed E-state index contributed by atoms with van der Waals surface area (Å²) in [6, 6.07) is 7.34. The summed E-state index contributed by atoms with van der Waals surface area (Å²) in [5.41, 5.74) is 1.86. The lowest BCUT2D eigenvalue weighted by Crippen LogP contribution is -2.20. The molecule has 0 heterocycles. The molecule has 0 radical (unpaired) electrons. The van der Waals surface area contributed by atoms with Crippen LogP contribution in [-0.4, -0.2) is 31.2 Å². The molecule has 180 valence electrons. The van der Waals surface area contributed by atoms with E-state index in [0.717, 1.165) is 12.1 Å². The Morgan fingerprint density at radius 1 is 1.18 bits per heavy atom. The highest BCUT2D eigenvalue weighted by atomic mass is 35.5. The van der Waals surface area contributed by atoms with Crippen LogP contribution >= 0.6 is 11.6 Å². The number of ether oxygens (including phenoxy) is 2. The summed E-state index contributed by atoms with van der Waals surface area (Å²) < 4.78 is 49.1. The van der Waals surface area contributed by atoms with Crippen LogP contribution in [0.3, 0.4) is 0 Å². The molecule has 0 fully saturated rings. The summed E-state index contributed by atoms with van der Waals surface area (Å²) in [5, 5.41) is 6.37. The molecule has 2 aromatic rings. The molecule has 7 nitrogen and oxygen atoms in total. The number of nitrogens with zero attached hydrogens (tertiary/aromatic N) is 1. The van der Waals surface area contributed by atoms with Crippen molar-refractivity contribution in [2.45, 2.75) is 25.9 Å². The first-order chi connectivity index (χ1) is 16.1. The number of amides is 2. The van der Waals surface area contributed by atoms with Gasteiger partial charge in [0, 0.05) is 18.5 Å². The van der Waals surface area contributed by atoms with E-state index < -0.39 is 23.6 Å². The molecule has 0 aliphatic rings. The zero-order valence-electron chi connectivity index (χ0n) is 18.0. The van der Waals surface area contributed by atoms with E-state index in [2.05, 4.69) is 21.8 Å². The van der Waals surface area contributed by atoms with Gasteiger partial charge in [0.2, 0.25) is 11.8 Å². The van der Waals surface area contributed by atoms with Crippen LogP contribution in [0.1, 0.15) is 30.9 Å². The van der Waals surface area contributed by atoms with Crippen molar-refractivity contribution in [3.63, 3.8) is 0 Å². The summed E-state index contributed by atoms with van der Waals surface area (Å²) in [6.45, 7) is 2.14. The number of hydrogen-bond acceptors (Lipinski definition) is 5. The molecule has 11 heteroatoms. The van der Waals surface area contributed by atoms with Gasteiger partial charge < -0.3 is 14.8 Å². The average molecular weight is 496 g/mol. The molecule has 0 saturated carbocycles. The molecule has 2 aromatic carbocycles. The van der Waals surface area contributed by atoms with Gasteiger partial charge in [-0.05, 0) is 42.8 Å². The first-order valence-electron chi connectivity index (χ1n) is 9.95. The van der Waals surface area contributed by atoms with E-state index in [-0.39, 0.29) is 35.9 Å². The van der Waals surface area contributed by atoms with Crippen LogP contribution < -0.4 is 20.2 Å². The minimum atomic E-state index is -4.53. The summed E-state index contributed by atoms with van der Waals surface area (Å²) >= 11 is 6.20. The third kappa shape index (κ3) is 8.33. The predicted molar refractivity (Wildman–Crippen MR) is 122 cm³/mol. The molecule has 34 heavy (non-hydrogen) atoms. The maximum atomic E-state index is 12.7. The molecule has 0 atom stereocenters. The SMILES string of the molecule is C#CCOc1c(Cl)cc(C=NNC(=O)CCC(=O)Nc2cccc(C(F)(F)F)c2)cc1OCC. The van der Waals surface area contributed by atoms with E-state index in [0.29, 0.717) is 17.9 Å². The maximum Gasteiger partial charge on any atom is 0.416 e. The zero-order chi connectivity index (χ0) is 25.1. The Bertz CT molecular complexity index is 1100. The summed E-state index contributed by atoms with van der Waals surface area (Å²) in [4.78, 5) is 23.9. The number of halogens is 4. The van der Waals surface area contributed by atoms with Gasteiger partial charge in [0.25, 0.3) is 0 Å². The van der Waals surface area contributed by atoms with E-state index >= 15 is 0 Å². The van der Waals surface area contributed by atoms with Gasteiger partial charge in [-0.3, -0.25) is 9.59 Å². The van der Waals surface area contributed by atoms with Gasteiger partial charge in [-0.1, -0.05) is 23.6 Å². The lowest BCUT2D eigenvalue weighted by Gasteiger charge is -2.12. The number of hydrogen-bond donors (Lipinski definition) is 2. The highest BCUT2D eigenvalue weighted by molar-refractivity contribution is 6.32. The van der Waals surface area contributed by atoms with Crippen LogP contribution in [0.2, 0.25) is 5.02 Å². The molecule has 0 unspecified atom stereocenters. The van der Waals surface area contributed by atoms with E-state index in [9.17, 15) is 22.8 Å². The van der Waals surface area contributed by atoms with Gasteiger partial charge in [-0.15, -0.1) is 6.42 Å². The number of terminal acetylenes is 1. The first kappa shape index (κ1) is 26.5. The fourth-order valence-corrected chi connectivity index (χ4v) is 2.91. The second kappa shape index (κ2) is 12.5. The smallest absolute Gasteiger partial charge is 0.416 e. The number of carbonyl (C=O) groups is 2. The van der Waals surface area contributed by atoms with Gasteiger partial charge in [-0.2, -0.15) is 18.3 Å². The second-order valence-corrected chi connectivity index (χ2v) is 7.08. The van der Waals surface area contributed by atoms with Crippen molar-refractivity contribution in [2.75, 3.05) is 18.5 Å². The van der Waals surface area contributed by atoms with Crippen molar-refractivity contribution in [1.82, 2.24) is 5.43 Å². The van der Waals surface area contributed by atoms with Gasteiger partial charge in [0.05, 0.1) is 23.4 Å². The standard InChI is InChI=1S/C23H21ClF3N3O4/c1-3-10-34-22-18(24)11-15(12-19(22)33-4-2)14-28-30-21(32)9-8-20(31)29-17-7-5-6-16(13-17)23(25,26)27/h1,5-7,11-14H,4,8-10H2,2H3,(H,29,31)(H,30,32). The lowest BCUT2D eigenvalue weighted by molar-refractivity contribution is -0.137. The van der Waals surface area contributed by atoms with Crippen LogP contribution in [0.5, 0.6) is 11.5 Å². The van der Waals surface area contributed by atoms with Crippen LogP contribution in [0.15, 0.2) is 41.5 Å². The number of hydrazone groups is 1. The number of rotatable bonds is 10. The van der Waals surface area contributed by atoms with Crippen LogP contribution in [0, 0.1) is 12.3 Å². The van der Waals surface area contributed by atoms with Gasteiger partial charge in [0.15, 0.2) is 11.5 Å². The number of alkyl halides is 3. The zero-order valence-corrected chi connectivity index (χ0v) is 18.8. The molecule has 0 spiro atoms. The fourth-order valence-electron chi connectivity index (χ4n) is 2.64. The molecule has 2 N–H and O–H groups in total. The Labute approximate surface area is 199 Å². The Balaban J connectivity index is 1.89. The minimum Gasteiger partial charge on any atom is -0.490 e. The highest BCUT2D eigenvalue weighted by Gasteiger charge is 2.30. The normalized spacial score (nSPS) is 11.1. The summed E-state index contributed by atoms with van der Waals surface area (Å²) in [7, 11) is 0. The average Bonchev–Trinajstić information content (AvgIpc) is 2.77. The minimum absolute atomic E-state index is 0.00459. The molecule has 0 aliphatic heterocycles. The Hall–Kier alpha value is -3.71. The summed E-state index contributed by atoms with van der Waals surface area (Å²) in [5.74, 6) is 1.78. The van der Waals surface area contributed by atoms with Crippen molar-refractivity contribution in [2.24, 2.45) is 5.10 Å². The predicted octanol–water partition coefficient (Wildman–Crippen LogP) is 4.64. The number of carbonyl (C=O) groups excluding carboxylic acids is 2. The molecule has 2 rings (SSSR count). The third-order valence-corrected chi connectivity index (χ3v) is 4.37. The van der Waals surface area contributed by atoms with E-state index in [1.807, 2.05) is 0 Å². The largest absolute Gasteiger partial charge is 0.490 e. The van der Waals surface area contributed by atoms with E-state index in [4.69, 9.17) is 27.5 Å². The van der Waals surface area contributed by atoms with Gasteiger partial charge in [-0.25, -0.2) is 5.43 Å². The molecule has 2 amide bonds. The molecule has 0 aliphatic carbocycles. The summed E-state index contributed by atoms with van der Waals surface area (Å²) in [6.07, 6.45) is 1.50. The second-order valence-electron chi connectivity index (χ2n) is 6.68. The fraction of sp³-hybridized carbons (Fsp3) is 0.261. The van der Waals surface area contributed by atoms with Crippen LogP contribution in [-0.2, 0) is 15.8 Å². The van der Waals surface area contributed by atoms with Crippen molar-refractivity contribution < 1.29 is 32.2 Å². The van der Waals surface area contributed by atoms with Crippen molar-refractivity contribution >= 4 is 35.3 Å². The van der Waals surface area contributed by atoms with Crippen LogP contribution in [0.4, 0.5) is 18.9 Å². The quantitative estimate of drug-likeness (QED) is 0.285. The number of benzene rings is 2. The van der Waals surface area contributed by atoms with E-state index in [1.54, 1.807) is 13.0 Å². The topological polar surface area (TPSA) is 89.0 Å². The van der Waals surface area contributed by atoms with E-state index in [1.165, 1.54) is 24.4 Å². The van der Waals surface area contributed by atoms with Crippen molar-refractivity contribution in [1.29, 1.82) is 0 Å².